The molecule has 0 spiro atoms. The maximum atomic E-state index is 6.82. The molecule has 0 N–H and O–H groups in total. The summed E-state index contributed by atoms with van der Waals surface area (Å²) in [6, 6.07) is 70.9. The molecule has 11 aromatic rings. The second-order valence-electron chi connectivity index (χ2n) is 14.1. The Morgan fingerprint density at radius 3 is 1.69 bits per heavy atom. The molecule has 2 aromatic heterocycles. The van der Waals surface area contributed by atoms with Gasteiger partial charge in [-0.1, -0.05) is 146 Å². The van der Waals surface area contributed by atoms with Crippen molar-refractivity contribution in [3.63, 3.8) is 0 Å². The fourth-order valence-corrected chi connectivity index (χ4v) is 8.13. The third-order valence-corrected chi connectivity index (χ3v) is 10.9. The van der Waals surface area contributed by atoms with E-state index in [1.807, 2.05) is 18.2 Å². The number of hydrogen-bond donors (Lipinski definition) is 0. The minimum absolute atomic E-state index is 0.845. The molecule has 3 heteroatoms. The van der Waals surface area contributed by atoms with E-state index in [4.69, 9.17) is 8.83 Å². The Hall–Kier alpha value is -7.36. The average molecular weight is 704 g/mol. The number of fused-ring (bicyclic) bond motifs is 7. The molecular formula is C52H33NO2. The first kappa shape index (κ1) is 31.2. The third kappa shape index (κ3) is 5.28. The van der Waals surface area contributed by atoms with Gasteiger partial charge in [0, 0.05) is 38.5 Å². The Balaban J connectivity index is 1.05. The monoisotopic (exact) mass is 703 g/mol. The van der Waals surface area contributed by atoms with Crippen LogP contribution in [-0.4, -0.2) is 0 Å². The summed E-state index contributed by atoms with van der Waals surface area (Å²) in [4.78, 5) is 2.30. The van der Waals surface area contributed by atoms with Crippen molar-refractivity contribution in [1.82, 2.24) is 0 Å². The molecule has 0 bridgehead atoms. The molecule has 9 aromatic carbocycles. The lowest BCUT2D eigenvalue weighted by atomic mass is 10.00. The Kier molecular flexibility index (Phi) is 7.17. The summed E-state index contributed by atoms with van der Waals surface area (Å²) in [5, 5.41) is 6.90. The standard InChI is InChI=1S/C52H33NO2/c1-2-10-34(11-3-1)40-26-31-45-47-17-9-18-48(52(47)55-50(45)33-40)53(41-27-22-36(23-28-41)39-21-20-35-12-4-5-13-38(35)32-39)42-29-24-37(25-30-42)43-15-8-16-46-44-14-6-7-19-49(44)54-51(43)46/h1-33H. The van der Waals surface area contributed by atoms with Gasteiger partial charge in [0.1, 0.15) is 16.7 Å². The molecule has 0 unspecified atom stereocenters. The van der Waals surface area contributed by atoms with E-state index in [1.54, 1.807) is 0 Å². The molecule has 0 aliphatic carbocycles. The van der Waals surface area contributed by atoms with Crippen LogP contribution in [0.2, 0.25) is 0 Å². The van der Waals surface area contributed by atoms with Crippen LogP contribution in [-0.2, 0) is 0 Å². The fourth-order valence-electron chi connectivity index (χ4n) is 8.13. The van der Waals surface area contributed by atoms with Crippen LogP contribution in [0.5, 0.6) is 0 Å². The highest BCUT2D eigenvalue weighted by Gasteiger charge is 2.21. The third-order valence-electron chi connectivity index (χ3n) is 10.9. The van der Waals surface area contributed by atoms with Gasteiger partial charge < -0.3 is 13.7 Å². The number of anilines is 3. The molecule has 0 saturated heterocycles. The van der Waals surface area contributed by atoms with E-state index in [0.717, 1.165) is 83.2 Å². The number of rotatable bonds is 6. The molecule has 55 heavy (non-hydrogen) atoms. The van der Waals surface area contributed by atoms with Crippen molar-refractivity contribution in [3.8, 4) is 33.4 Å². The van der Waals surface area contributed by atoms with Gasteiger partial charge in [-0.3, -0.25) is 0 Å². The second-order valence-corrected chi connectivity index (χ2v) is 14.1. The SMILES string of the molecule is c1ccc(-c2ccc3c(c2)oc2c(N(c4ccc(-c5ccc6ccccc6c5)cc4)c4ccc(-c5cccc6c5oc5ccccc56)cc4)cccc23)cc1. The lowest BCUT2D eigenvalue weighted by molar-refractivity contribution is 0.669. The van der Waals surface area contributed by atoms with Gasteiger partial charge in [-0.25, -0.2) is 0 Å². The van der Waals surface area contributed by atoms with Gasteiger partial charge in [-0.2, -0.15) is 0 Å². The zero-order chi connectivity index (χ0) is 36.3. The molecule has 11 rings (SSSR count). The Morgan fingerprint density at radius 1 is 0.309 bits per heavy atom. The van der Waals surface area contributed by atoms with Crippen LogP contribution in [0.4, 0.5) is 17.1 Å². The smallest absolute Gasteiger partial charge is 0.159 e. The number of nitrogens with zero attached hydrogens (tertiary/aromatic N) is 1. The number of para-hydroxylation sites is 3. The predicted octanol–water partition coefficient (Wildman–Crippen LogP) is 15.1. The van der Waals surface area contributed by atoms with E-state index < -0.39 is 0 Å². The quantitative estimate of drug-likeness (QED) is 0.173. The molecule has 0 radical (unpaired) electrons. The summed E-state index contributed by atoms with van der Waals surface area (Å²) in [6.45, 7) is 0. The van der Waals surface area contributed by atoms with Crippen LogP contribution in [0, 0.1) is 0 Å². The van der Waals surface area contributed by atoms with Gasteiger partial charge >= 0.3 is 0 Å². The van der Waals surface area contributed by atoms with Gasteiger partial charge in [-0.15, -0.1) is 0 Å². The summed E-state index contributed by atoms with van der Waals surface area (Å²) < 4.78 is 13.2. The summed E-state index contributed by atoms with van der Waals surface area (Å²) in [5.74, 6) is 0. The molecule has 3 nitrogen and oxygen atoms in total. The summed E-state index contributed by atoms with van der Waals surface area (Å²) in [7, 11) is 0. The molecular weight excluding hydrogens is 671 g/mol. The van der Waals surface area contributed by atoms with Gasteiger partial charge in [0.25, 0.3) is 0 Å². The summed E-state index contributed by atoms with van der Waals surface area (Å²) in [6.07, 6.45) is 0. The molecule has 0 amide bonds. The average Bonchev–Trinajstić information content (AvgIpc) is 3.83. The molecule has 258 valence electrons. The lowest BCUT2D eigenvalue weighted by Gasteiger charge is -2.26. The first-order valence-corrected chi connectivity index (χ1v) is 18.7. The van der Waals surface area contributed by atoms with Crippen molar-refractivity contribution < 1.29 is 8.83 Å². The van der Waals surface area contributed by atoms with E-state index in [0.29, 0.717) is 0 Å². The van der Waals surface area contributed by atoms with E-state index in [1.165, 1.54) is 21.9 Å². The Bertz CT molecular complexity index is 3190. The Labute approximate surface area is 317 Å². The molecule has 0 atom stereocenters. The zero-order valence-electron chi connectivity index (χ0n) is 29.8. The number of hydrogen-bond acceptors (Lipinski definition) is 3. The number of benzene rings is 9. The molecule has 0 aliphatic heterocycles. The highest BCUT2D eigenvalue weighted by atomic mass is 16.3. The van der Waals surface area contributed by atoms with Crippen molar-refractivity contribution in [1.29, 1.82) is 0 Å². The summed E-state index contributed by atoms with van der Waals surface area (Å²) >= 11 is 0. The van der Waals surface area contributed by atoms with Crippen LogP contribution >= 0.6 is 0 Å². The van der Waals surface area contributed by atoms with Crippen molar-refractivity contribution in [3.05, 3.63) is 200 Å². The van der Waals surface area contributed by atoms with Gasteiger partial charge in [0.2, 0.25) is 0 Å². The van der Waals surface area contributed by atoms with Crippen LogP contribution in [0.15, 0.2) is 209 Å². The van der Waals surface area contributed by atoms with Crippen molar-refractivity contribution in [2.45, 2.75) is 0 Å². The van der Waals surface area contributed by atoms with E-state index in [2.05, 4.69) is 187 Å². The van der Waals surface area contributed by atoms with Crippen LogP contribution in [0.1, 0.15) is 0 Å². The summed E-state index contributed by atoms with van der Waals surface area (Å²) in [5.41, 5.74) is 13.4. The largest absolute Gasteiger partial charge is 0.455 e. The van der Waals surface area contributed by atoms with Crippen LogP contribution in [0.25, 0.3) is 88.0 Å². The molecule has 0 aliphatic rings. The fraction of sp³-hybridized carbons (Fsp3) is 0. The molecule has 2 heterocycles. The van der Waals surface area contributed by atoms with E-state index in [9.17, 15) is 0 Å². The van der Waals surface area contributed by atoms with Gasteiger partial charge in [-0.05, 0) is 93.2 Å². The van der Waals surface area contributed by atoms with E-state index in [-0.39, 0.29) is 0 Å². The van der Waals surface area contributed by atoms with Gasteiger partial charge in [0.15, 0.2) is 5.58 Å². The normalized spacial score (nSPS) is 11.6. The molecule has 0 saturated carbocycles. The maximum Gasteiger partial charge on any atom is 0.159 e. The highest BCUT2D eigenvalue weighted by Crippen LogP contribution is 2.44. The second kappa shape index (κ2) is 12.6. The predicted molar refractivity (Wildman–Crippen MR) is 229 cm³/mol. The first-order chi connectivity index (χ1) is 27.2. The van der Waals surface area contributed by atoms with Crippen LogP contribution in [0.3, 0.4) is 0 Å². The zero-order valence-corrected chi connectivity index (χ0v) is 29.8. The minimum Gasteiger partial charge on any atom is -0.455 e. The first-order valence-electron chi connectivity index (χ1n) is 18.7. The maximum absolute atomic E-state index is 6.82. The topological polar surface area (TPSA) is 29.5 Å². The van der Waals surface area contributed by atoms with E-state index >= 15 is 0 Å². The van der Waals surface area contributed by atoms with Crippen molar-refractivity contribution in [2.75, 3.05) is 4.90 Å². The van der Waals surface area contributed by atoms with Crippen molar-refractivity contribution in [2.24, 2.45) is 0 Å². The number of furan rings is 2. The van der Waals surface area contributed by atoms with Crippen LogP contribution < -0.4 is 4.90 Å². The lowest BCUT2D eigenvalue weighted by Crippen LogP contribution is -2.10. The van der Waals surface area contributed by atoms with Crippen molar-refractivity contribution >= 4 is 71.7 Å². The molecule has 0 fully saturated rings. The minimum atomic E-state index is 0.845. The Morgan fingerprint density at radius 2 is 0.873 bits per heavy atom. The van der Waals surface area contributed by atoms with Gasteiger partial charge in [0.05, 0.1) is 5.69 Å². The highest BCUT2D eigenvalue weighted by molar-refractivity contribution is 6.12.